The lowest BCUT2D eigenvalue weighted by Crippen LogP contribution is -2.56. The summed E-state index contributed by atoms with van der Waals surface area (Å²) < 4.78 is 28.0. The van der Waals surface area contributed by atoms with Crippen molar-refractivity contribution in [1.29, 1.82) is 0 Å². The van der Waals surface area contributed by atoms with Crippen LogP contribution in [0.5, 0.6) is 0 Å². The van der Waals surface area contributed by atoms with Gasteiger partial charge >= 0.3 is 0 Å². The summed E-state index contributed by atoms with van der Waals surface area (Å²) in [4.78, 5) is 0.232. The molecule has 2 aliphatic rings. The van der Waals surface area contributed by atoms with Crippen LogP contribution in [0.1, 0.15) is 12.0 Å². The average molecular weight is 452 g/mol. The Bertz CT molecular complexity index is 1060. The highest BCUT2D eigenvalue weighted by atomic mass is 35.5. The highest BCUT2D eigenvalue weighted by molar-refractivity contribution is 7.89. The topological polar surface area (TPSA) is 61.4 Å². The van der Waals surface area contributed by atoms with Crippen molar-refractivity contribution in [3.63, 3.8) is 0 Å². The third-order valence-electron chi connectivity index (χ3n) is 5.99. The van der Waals surface area contributed by atoms with Gasteiger partial charge in [0.1, 0.15) is 0 Å². The van der Waals surface area contributed by atoms with Crippen molar-refractivity contribution in [3.05, 3.63) is 70.2 Å². The van der Waals surface area contributed by atoms with E-state index in [2.05, 4.69) is 17.2 Å². The largest absolute Gasteiger partial charge is 0.379 e. The zero-order valence-electron chi connectivity index (χ0n) is 16.1. The second kappa shape index (κ2) is 7.60. The van der Waals surface area contributed by atoms with E-state index in [1.165, 1.54) is 4.31 Å². The van der Waals surface area contributed by atoms with E-state index in [0.717, 1.165) is 29.8 Å². The third-order valence-corrected chi connectivity index (χ3v) is 8.30. The van der Waals surface area contributed by atoms with Gasteiger partial charge in [0, 0.05) is 34.2 Å². The van der Waals surface area contributed by atoms with Crippen molar-refractivity contribution in [2.45, 2.75) is 22.8 Å². The number of hydrogen-bond acceptors (Lipinski definition) is 4. The summed E-state index contributed by atoms with van der Waals surface area (Å²) in [5.74, 6) is 0. The molecule has 2 N–H and O–H groups in total. The fourth-order valence-electron chi connectivity index (χ4n) is 4.52. The molecule has 0 radical (unpaired) electrons. The van der Waals surface area contributed by atoms with E-state index < -0.39 is 10.0 Å². The van der Waals surface area contributed by atoms with Crippen molar-refractivity contribution < 1.29 is 8.42 Å². The van der Waals surface area contributed by atoms with Gasteiger partial charge in [-0.1, -0.05) is 29.8 Å². The van der Waals surface area contributed by atoms with Crippen molar-refractivity contribution in [2.24, 2.45) is 0 Å². The minimum Gasteiger partial charge on any atom is -0.379 e. The smallest absolute Gasteiger partial charge is 0.243 e. The number of hydrogen-bond donors (Lipinski definition) is 2. The maximum absolute atomic E-state index is 13.3. The van der Waals surface area contributed by atoms with E-state index >= 15 is 0 Å². The normalized spacial score (nSPS) is 24.1. The van der Waals surface area contributed by atoms with E-state index in [0.29, 0.717) is 16.6 Å². The van der Waals surface area contributed by atoms with Gasteiger partial charge in [0.2, 0.25) is 10.0 Å². The van der Waals surface area contributed by atoms with Gasteiger partial charge in [-0.25, -0.2) is 8.42 Å². The van der Waals surface area contributed by atoms with Crippen LogP contribution in [0.25, 0.3) is 0 Å². The summed E-state index contributed by atoms with van der Waals surface area (Å²) in [6.07, 6.45) is 0.808. The maximum atomic E-state index is 13.3. The number of anilines is 1. The number of rotatable bonds is 5. The number of benzene rings is 2. The molecule has 0 amide bonds. The number of halogens is 2. The first kappa shape index (κ1) is 20.7. The molecule has 154 valence electrons. The van der Waals surface area contributed by atoms with E-state index in [4.69, 9.17) is 23.2 Å². The highest BCUT2D eigenvalue weighted by Crippen LogP contribution is 2.51. The number of nitrogens with zero attached hydrogens (tertiary/aromatic N) is 1. The van der Waals surface area contributed by atoms with Crippen molar-refractivity contribution >= 4 is 38.9 Å². The Labute approximate surface area is 181 Å². The summed E-state index contributed by atoms with van der Waals surface area (Å²) in [5.41, 5.74) is 2.59. The minimum absolute atomic E-state index is 0.118. The molecule has 0 saturated carbocycles. The highest BCUT2D eigenvalue weighted by Gasteiger charge is 2.53. The molecule has 0 bridgehead atoms. The lowest BCUT2D eigenvalue weighted by atomic mass is 9.67. The van der Waals surface area contributed by atoms with Crippen LogP contribution in [0.15, 0.2) is 59.5 Å². The summed E-state index contributed by atoms with van der Waals surface area (Å²) >= 11 is 12.2. The second-order valence-electron chi connectivity index (χ2n) is 7.57. The average Bonchev–Trinajstić information content (AvgIpc) is 3.01. The Morgan fingerprint density at radius 1 is 1.21 bits per heavy atom. The zero-order valence-corrected chi connectivity index (χ0v) is 18.4. The molecule has 0 aliphatic carbocycles. The fourth-order valence-corrected chi connectivity index (χ4v) is 6.26. The molecule has 5 nitrogen and oxygen atoms in total. The molecule has 8 heteroatoms. The number of sulfonamides is 1. The molecule has 1 fully saturated rings. The van der Waals surface area contributed by atoms with Gasteiger partial charge in [0.05, 0.1) is 10.9 Å². The Morgan fingerprint density at radius 2 is 1.90 bits per heavy atom. The lowest BCUT2D eigenvalue weighted by Gasteiger charge is -2.45. The van der Waals surface area contributed by atoms with Crippen LogP contribution in [0.2, 0.25) is 10.0 Å². The van der Waals surface area contributed by atoms with Gasteiger partial charge < -0.3 is 10.6 Å². The van der Waals surface area contributed by atoms with Gasteiger partial charge in [0.25, 0.3) is 0 Å². The quantitative estimate of drug-likeness (QED) is 0.676. The summed E-state index contributed by atoms with van der Waals surface area (Å²) in [7, 11) is -1.75. The zero-order chi connectivity index (χ0) is 20.8. The molecular weight excluding hydrogens is 429 g/mol. The Hall–Kier alpha value is -1.57. The summed E-state index contributed by atoms with van der Waals surface area (Å²) in [5, 5.41) is 7.92. The predicted molar refractivity (Wildman–Crippen MR) is 118 cm³/mol. The van der Waals surface area contributed by atoms with Gasteiger partial charge in [-0.3, -0.25) is 0 Å². The van der Waals surface area contributed by atoms with E-state index in [1.807, 2.05) is 25.2 Å². The number of piperidine rings is 1. The monoisotopic (exact) mass is 451 g/mol. The summed E-state index contributed by atoms with van der Waals surface area (Å²) in [6, 6.07) is 11.9. The fraction of sp³-hybridized carbons (Fsp3) is 0.333. The van der Waals surface area contributed by atoms with Gasteiger partial charge in [-0.15, -0.1) is 0 Å². The minimum atomic E-state index is -3.66. The van der Waals surface area contributed by atoms with Crippen LogP contribution in [-0.2, 0) is 15.4 Å². The van der Waals surface area contributed by atoms with Gasteiger partial charge in [-0.2, -0.15) is 4.31 Å². The van der Waals surface area contributed by atoms with E-state index in [-0.39, 0.29) is 22.9 Å². The standard InChI is InChI=1S/C21H23Cl2N3O2S/c1-14-12-26(29(27,28)17-6-3-15(22)4-7-17)13-20-21(14,9-10-24-2)18-11-16(23)5-8-19(18)25-20/h3-8,11,20,24-25H,1,9-10,12-13H2,2H3/t20?,21-/m0/s1. The number of nitrogens with one attached hydrogen (secondary N) is 2. The molecule has 2 aliphatic heterocycles. The van der Waals surface area contributed by atoms with Gasteiger partial charge in [-0.05, 0) is 73.6 Å². The van der Waals surface area contributed by atoms with Crippen LogP contribution < -0.4 is 10.6 Å². The van der Waals surface area contributed by atoms with Crippen LogP contribution in [0, 0.1) is 0 Å². The van der Waals surface area contributed by atoms with Crippen molar-refractivity contribution in [2.75, 3.05) is 32.0 Å². The molecule has 2 aromatic rings. The van der Waals surface area contributed by atoms with Gasteiger partial charge in [0.15, 0.2) is 0 Å². The molecule has 2 atom stereocenters. The Balaban J connectivity index is 1.73. The molecule has 1 unspecified atom stereocenters. The maximum Gasteiger partial charge on any atom is 0.243 e. The van der Waals surface area contributed by atoms with E-state index in [1.54, 1.807) is 24.3 Å². The Kier molecular flexibility index (Phi) is 5.42. The van der Waals surface area contributed by atoms with E-state index in [9.17, 15) is 8.42 Å². The first-order valence-corrected chi connectivity index (χ1v) is 11.6. The molecule has 0 aromatic heterocycles. The predicted octanol–water partition coefficient (Wildman–Crippen LogP) is 3.90. The molecule has 29 heavy (non-hydrogen) atoms. The van der Waals surface area contributed by atoms with Crippen LogP contribution in [0.4, 0.5) is 5.69 Å². The molecule has 0 spiro atoms. The molecule has 2 heterocycles. The van der Waals surface area contributed by atoms with Crippen molar-refractivity contribution in [1.82, 2.24) is 9.62 Å². The molecular formula is C21H23Cl2N3O2S. The lowest BCUT2D eigenvalue weighted by molar-refractivity contribution is 0.277. The summed E-state index contributed by atoms with van der Waals surface area (Å²) in [6.45, 7) is 5.74. The second-order valence-corrected chi connectivity index (χ2v) is 10.4. The molecule has 1 saturated heterocycles. The van der Waals surface area contributed by atoms with Crippen molar-refractivity contribution in [3.8, 4) is 0 Å². The third kappa shape index (κ3) is 3.37. The number of fused-ring (bicyclic) bond motifs is 3. The molecule has 4 rings (SSSR count). The Morgan fingerprint density at radius 3 is 2.59 bits per heavy atom. The van der Waals surface area contributed by atoms with Crippen LogP contribution in [-0.4, -0.2) is 45.4 Å². The van der Waals surface area contributed by atoms with Crippen LogP contribution in [0.3, 0.4) is 0 Å². The first-order chi connectivity index (χ1) is 13.8. The molecule has 2 aromatic carbocycles. The van der Waals surface area contributed by atoms with Crippen LogP contribution >= 0.6 is 23.2 Å². The SMILES string of the molecule is C=C1CN(S(=O)(=O)c2ccc(Cl)cc2)CC2Nc3ccc(Cl)cc3[C@]12CCNC. The first-order valence-electron chi connectivity index (χ1n) is 9.44.